The summed E-state index contributed by atoms with van der Waals surface area (Å²) >= 11 is 0. The second-order valence-electron chi connectivity index (χ2n) is 6.62. The quantitative estimate of drug-likeness (QED) is 0.917. The number of hydrogen-bond acceptors (Lipinski definition) is 2. The molecule has 1 unspecified atom stereocenters. The van der Waals surface area contributed by atoms with Crippen LogP contribution in [-0.2, 0) is 17.9 Å². The van der Waals surface area contributed by atoms with Gasteiger partial charge in [0, 0.05) is 19.3 Å². The van der Waals surface area contributed by atoms with E-state index in [4.69, 9.17) is 0 Å². The van der Waals surface area contributed by atoms with Crippen LogP contribution in [0, 0.1) is 5.92 Å². The molecule has 0 fully saturated rings. The minimum absolute atomic E-state index is 0.0696. The Morgan fingerprint density at radius 2 is 1.96 bits per heavy atom. The molecule has 0 spiro atoms. The molecule has 1 aromatic carbocycles. The molecule has 0 aliphatic carbocycles. The Morgan fingerprint density at radius 1 is 1.21 bits per heavy atom. The smallest absolute Gasteiger partial charge is 0.271 e. The fourth-order valence-electron chi connectivity index (χ4n) is 3.07. The van der Waals surface area contributed by atoms with Crippen LogP contribution in [-0.4, -0.2) is 33.9 Å². The summed E-state index contributed by atoms with van der Waals surface area (Å²) < 4.78 is 1.87. The number of aromatic nitrogens is 1. The first-order valence-corrected chi connectivity index (χ1v) is 8.34. The zero-order chi connectivity index (χ0) is 17.1. The number of nitrogens with one attached hydrogen (secondary N) is 1. The van der Waals surface area contributed by atoms with Crippen LogP contribution >= 0.6 is 0 Å². The summed E-state index contributed by atoms with van der Waals surface area (Å²) in [6.45, 7) is 5.66. The molecule has 2 amide bonds. The molecule has 1 atom stereocenters. The molecule has 126 valence electrons. The minimum atomic E-state index is -0.469. The molecular weight excluding hydrogens is 302 g/mol. The molecule has 0 saturated heterocycles. The van der Waals surface area contributed by atoms with Gasteiger partial charge in [0.1, 0.15) is 11.7 Å². The number of fused-ring (bicyclic) bond motifs is 1. The molecule has 2 heterocycles. The van der Waals surface area contributed by atoms with Crippen molar-refractivity contribution in [3.63, 3.8) is 0 Å². The van der Waals surface area contributed by atoms with E-state index < -0.39 is 6.04 Å². The lowest BCUT2D eigenvalue weighted by atomic mass is 10.1. The van der Waals surface area contributed by atoms with Crippen LogP contribution in [0.4, 0.5) is 0 Å². The predicted octanol–water partition coefficient (Wildman–Crippen LogP) is 2.28. The Morgan fingerprint density at radius 3 is 2.67 bits per heavy atom. The second kappa shape index (κ2) is 6.91. The van der Waals surface area contributed by atoms with Crippen molar-refractivity contribution in [2.45, 2.75) is 33.0 Å². The summed E-state index contributed by atoms with van der Waals surface area (Å²) in [5, 5.41) is 2.97. The first-order chi connectivity index (χ1) is 11.6. The van der Waals surface area contributed by atoms with Gasteiger partial charge >= 0.3 is 0 Å². The van der Waals surface area contributed by atoms with Gasteiger partial charge in [-0.15, -0.1) is 0 Å². The van der Waals surface area contributed by atoms with Gasteiger partial charge in [0.15, 0.2) is 0 Å². The standard InChI is InChI=1S/C19H23N3O2/c1-14(2)12-22-17(13-21-10-6-9-16(21)19(22)24)18(23)20-11-15-7-4-3-5-8-15/h3-10,14,17H,11-13H2,1-2H3,(H,20,23). The molecule has 1 N–H and O–H groups in total. The Balaban J connectivity index is 1.76. The number of rotatable bonds is 5. The van der Waals surface area contributed by atoms with Crippen LogP contribution < -0.4 is 5.32 Å². The van der Waals surface area contributed by atoms with Gasteiger partial charge < -0.3 is 14.8 Å². The summed E-state index contributed by atoms with van der Waals surface area (Å²) in [6, 6.07) is 13.0. The highest BCUT2D eigenvalue weighted by atomic mass is 16.2. The van der Waals surface area contributed by atoms with Gasteiger partial charge in [-0.3, -0.25) is 9.59 Å². The number of hydrogen-bond donors (Lipinski definition) is 1. The van der Waals surface area contributed by atoms with Crippen LogP contribution in [0.2, 0.25) is 0 Å². The third kappa shape index (κ3) is 3.35. The summed E-state index contributed by atoms with van der Waals surface area (Å²) in [7, 11) is 0. The van der Waals surface area contributed by atoms with E-state index in [0.717, 1.165) is 5.56 Å². The molecule has 24 heavy (non-hydrogen) atoms. The molecule has 3 rings (SSSR count). The Bertz CT molecular complexity index is 721. The van der Waals surface area contributed by atoms with E-state index in [1.807, 2.05) is 53.2 Å². The number of amides is 2. The van der Waals surface area contributed by atoms with E-state index in [0.29, 0.717) is 31.2 Å². The molecule has 0 radical (unpaired) electrons. The predicted molar refractivity (Wildman–Crippen MR) is 92.4 cm³/mol. The fourth-order valence-corrected chi connectivity index (χ4v) is 3.07. The topological polar surface area (TPSA) is 54.3 Å². The summed E-state index contributed by atoms with van der Waals surface area (Å²) in [4.78, 5) is 27.2. The first-order valence-electron chi connectivity index (χ1n) is 8.34. The van der Waals surface area contributed by atoms with Crippen LogP contribution in [0.15, 0.2) is 48.7 Å². The van der Waals surface area contributed by atoms with Crippen molar-refractivity contribution in [3.05, 3.63) is 59.9 Å². The zero-order valence-electron chi connectivity index (χ0n) is 14.1. The van der Waals surface area contributed by atoms with Gasteiger partial charge in [-0.05, 0) is 23.6 Å². The lowest BCUT2D eigenvalue weighted by Crippen LogP contribution is -2.55. The Kier molecular flexibility index (Phi) is 4.69. The van der Waals surface area contributed by atoms with Gasteiger partial charge in [-0.25, -0.2) is 0 Å². The fraction of sp³-hybridized carbons (Fsp3) is 0.368. The lowest BCUT2D eigenvalue weighted by Gasteiger charge is -2.36. The minimum Gasteiger partial charge on any atom is -0.350 e. The molecule has 1 aliphatic heterocycles. The van der Waals surface area contributed by atoms with Crippen molar-refractivity contribution in [1.29, 1.82) is 0 Å². The van der Waals surface area contributed by atoms with Gasteiger partial charge in [0.25, 0.3) is 5.91 Å². The normalized spacial score (nSPS) is 17.0. The van der Waals surface area contributed by atoms with Gasteiger partial charge in [0.2, 0.25) is 5.91 Å². The number of carbonyl (C=O) groups is 2. The van der Waals surface area contributed by atoms with E-state index in [1.54, 1.807) is 4.90 Å². The number of carbonyl (C=O) groups excluding carboxylic acids is 2. The molecule has 0 saturated carbocycles. The van der Waals surface area contributed by atoms with E-state index in [9.17, 15) is 9.59 Å². The molecule has 1 aromatic heterocycles. The molecule has 2 aromatic rings. The third-order valence-corrected chi connectivity index (χ3v) is 4.23. The zero-order valence-corrected chi connectivity index (χ0v) is 14.1. The van der Waals surface area contributed by atoms with E-state index in [-0.39, 0.29) is 11.8 Å². The van der Waals surface area contributed by atoms with Crippen molar-refractivity contribution in [1.82, 2.24) is 14.8 Å². The van der Waals surface area contributed by atoms with Gasteiger partial charge in [0.05, 0.1) is 6.54 Å². The lowest BCUT2D eigenvalue weighted by molar-refractivity contribution is -0.126. The molecule has 0 bridgehead atoms. The largest absolute Gasteiger partial charge is 0.350 e. The maximum absolute atomic E-state index is 12.7. The van der Waals surface area contributed by atoms with Crippen LogP contribution in [0.25, 0.3) is 0 Å². The van der Waals surface area contributed by atoms with Gasteiger partial charge in [-0.1, -0.05) is 44.2 Å². The van der Waals surface area contributed by atoms with Crippen molar-refractivity contribution >= 4 is 11.8 Å². The van der Waals surface area contributed by atoms with Crippen LogP contribution in [0.1, 0.15) is 29.9 Å². The van der Waals surface area contributed by atoms with Crippen molar-refractivity contribution in [2.24, 2.45) is 5.92 Å². The van der Waals surface area contributed by atoms with Crippen molar-refractivity contribution < 1.29 is 9.59 Å². The summed E-state index contributed by atoms with van der Waals surface area (Å²) in [5.74, 6) is 0.131. The molecule has 5 heteroatoms. The van der Waals surface area contributed by atoms with E-state index in [1.165, 1.54) is 0 Å². The SMILES string of the molecule is CC(C)CN1C(=O)c2cccn2CC1C(=O)NCc1ccccc1. The third-order valence-electron chi connectivity index (χ3n) is 4.23. The number of nitrogens with zero attached hydrogens (tertiary/aromatic N) is 2. The first kappa shape index (κ1) is 16.3. The van der Waals surface area contributed by atoms with Crippen molar-refractivity contribution in [3.8, 4) is 0 Å². The van der Waals surface area contributed by atoms with Crippen molar-refractivity contribution in [2.75, 3.05) is 6.54 Å². The molecule has 1 aliphatic rings. The highest BCUT2D eigenvalue weighted by molar-refractivity contribution is 5.97. The van der Waals surface area contributed by atoms with E-state index >= 15 is 0 Å². The Hall–Kier alpha value is -2.56. The van der Waals surface area contributed by atoms with Crippen LogP contribution in [0.5, 0.6) is 0 Å². The van der Waals surface area contributed by atoms with E-state index in [2.05, 4.69) is 19.2 Å². The highest BCUT2D eigenvalue weighted by Gasteiger charge is 2.36. The van der Waals surface area contributed by atoms with Gasteiger partial charge in [-0.2, -0.15) is 0 Å². The number of benzene rings is 1. The average molecular weight is 325 g/mol. The summed E-state index contributed by atoms with van der Waals surface area (Å²) in [6.07, 6.45) is 1.86. The second-order valence-corrected chi connectivity index (χ2v) is 6.62. The maximum Gasteiger partial charge on any atom is 0.271 e. The average Bonchev–Trinajstić information content (AvgIpc) is 3.04. The highest BCUT2D eigenvalue weighted by Crippen LogP contribution is 2.20. The maximum atomic E-state index is 12.7. The Labute approximate surface area is 142 Å². The molecule has 5 nitrogen and oxygen atoms in total. The molecular formula is C19H23N3O2. The van der Waals surface area contributed by atoms with Crippen LogP contribution in [0.3, 0.4) is 0 Å². The summed E-state index contributed by atoms with van der Waals surface area (Å²) in [5.41, 5.74) is 1.70. The monoisotopic (exact) mass is 325 g/mol.